The molecule has 1 saturated carbocycles. The third-order valence-corrected chi connectivity index (χ3v) is 5.65. The molecule has 0 radical (unpaired) electrons. The number of amides is 1. The summed E-state index contributed by atoms with van der Waals surface area (Å²) in [6.07, 6.45) is 6.72. The minimum Gasteiger partial charge on any atom is -0.508 e. The van der Waals surface area contributed by atoms with Crippen molar-refractivity contribution in [2.45, 2.75) is 52.4 Å². The molecule has 1 amide bonds. The molecule has 4 heteroatoms. The zero-order valence-corrected chi connectivity index (χ0v) is 14.1. The van der Waals surface area contributed by atoms with E-state index in [1.165, 1.54) is 19.3 Å². The van der Waals surface area contributed by atoms with Crippen molar-refractivity contribution in [1.29, 1.82) is 0 Å². The summed E-state index contributed by atoms with van der Waals surface area (Å²) >= 11 is 0. The molecule has 4 nitrogen and oxygen atoms in total. The van der Waals surface area contributed by atoms with Gasteiger partial charge in [0.1, 0.15) is 5.75 Å². The largest absolute Gasteiger partial charge is 0.508 e. The molecule has 1 aromatic carbocycles. The lowest BCUT2D eigenvalue weighted by molar-refractivity contribution is -0.138. The number of aromatic hydroxyl groups is 1. The second kappa shape index (κ2) is 6.34. The number of rotatable bonds is 4. The normalized spacial score (nSPS) is 25.7. The minimum atomic E-state index is -0.417. The number of hydrogen-bond donors (Lipinski definition) is 1. The molecule has 1 aromatic rings. The molecular weight excluding hydrogens is 288 g/mol. The van der Waals surface area contributed by atoms with Crippen molar-refractivity contribution in [2.75, 3.05) is 6.54 Å². The van der Waals surface area contributed by atoms with Crippen LogP contribution in [0.3, 0.4) is 0 Å². The highest BCUT2D eigenvalue weighted by atomic mass is 16.3. The number of hydrogen-bond acceptors (Lipinski definition) is 3. The Morgan fingerprint density at radius 1 is 1.30 bits per heavy atom. The topological polar surface area (TPSA) is 52.9 Å². The SMILES string of the molecule is CC1=NN(CCc2cccc(O)c2)C(=O)C1(C)C1CCCCC1. The van der Waals surface area contributed by atoms with Crippen molar-refractivity contribution in [3.05, 3.63) is 29.8 Å². The Labute approximate surface area is 138 Å². The Balaban J connectivity index is 1.69. The molecule has 124 valence electrons. The lowest BCUT2D eigenvalue weighted by Crippen LogP contribution is -2.43. The number of hydrazone groups is 1. The molecule has 23 heavy (non-hydrogen) atoms. The summed E-state index contributed by atoms with van der Waals surface area (Å²) in [6.45, 7) is 4.65. The molecule has 2 aliphatic rings. The van der Waals surface area contributed by atoms with Crippen molar-refractivity contribution in [2.24, 2.45) is 16.4 Å². The van der Waals surface area contributed by atoms with Crippen LogP contribution < -0.4 is 0 Å². The van der Waals surface area contributed by atoms with Gasteiger partial charge in [-0.1, -0.05) is 31.4 Å². The molecule has 0 aromatic heterocycles. The van der Waals surface area contributed by atoms with Gasteiger partial charge in [0, 0.05) is 6.54 Å². The Morgan fingerprint density at radius 3 is 2.74 bits per heavy atom. The zero-order chi connectivity index (χ0) is 16.4. The molecular formula is C19H26N2O2. The second-order valence-electron chi connectivity index (χ2n) is 7.07. The van der Waals surface area contributed by atoms with Gasteiger partial charge >= 0.3 is 0 Å². The van der Waals surface area contributed by atoms with Crippen LogP contribution in [0.5, 0.6) is 5.75 Å². The number of benzene rings is 1. The first-order valence-electron chi connectivity index (χ1n) is 8.67. The van der Waals surface area contributed by atoms with Gasteiger partial charge in [-0.05, 0) is 56.7 Å². The summed E-state index contributed by atoms with van der Waals surface area (Å²) in [5.74, 6) is 0.849. The van der Waals surface area contributed by atoms with Crippen LogP contribution in [0, 0.1) is 11.3 Å². The molecule has 3 rings (SSSR count). The first-order chi connectivity index (χ1) is 11.0. The number of carbonyl (C=O) groups excluding carboxylic acids is 1. The van der Waals surface area contributed by atoms with Gasteiger partial charge in [-0.25, -0.2) is 5.01 Å². The summed E-state index contributed by atoms with van der Waals surface area (Å²) in [4.78, 5) is 13.0. The molecule has 1 aliphatic heterocycles. The van der Waals surface area contributed by atoms with Crippen molar-refractivity contribution < 1.29 is 9.90 Å². The highest BCUT2D eigenvalue weighted by molar-refractivity contribution is 6.11. The Bertz CT molecular complexity index is 620. The predicted octanol–water partition coefficient (Wildman–Crippen LogP) is 3.74. The fourth-order valence-corrected chi connectivity index (χ4v) is 4.00. The lowest BCUT2D eigenvalue weighted by Gasteiger charge is -2.35. The van der Waals surface area contributed by atoms with Crippen molar-refractivity contribution in [3.63, 3.8) is 0 Å². The smallest absolute Gasteiger partial charge is 0.254 e. The maximum Gasteiger partial charge on any atom is 0.254 e. The van der Waals surface area contributed by atoms with Crippen LogP contribution in [0.25, 0.3) is 0 Å². The molecule has 0 bridgehead atoms. The maximum absolute atomic E-state index is 13.0. The second-order valence-corrected chi connectivity index (χ2v) is 7.07. The fourth-order valence-electron chi connectivity index (χ4n) is 4.00. The monoisotopic (exact) mass is 314 g/mol. The molecule has 1 unspecified atom stereocenters. The van der Waals surface area contributed by atoms with Crippen LogP contribution in [0.1, 0.15) is 51.5 Å². The molecule has 1 fully saturated rings. The minimum absolute atomic E-state index is 0.155. The Kier molecular flexibility index (Phi) is 4.42. The Hall–Kier alpha value is -1.84. The standard InChI is InChI=1S/C19H26N2O2/c1-14-19(2,16-8-4-3-5-9-16)18(23)21(20-14)12-11-15-7-6-10-17(22)13-15/h6-7,10,13,16,22H,3-5,8-9,11-12H2,1-2H3. The Morgan fingerprint density at radius 2 is 2.04 bits per heavy atom. The van der Waals surface area contributed by atoms with Crippen molar-refractivity contribution in [1.82, 2.24) is 5.01 Å². The van der Waals surface area contributed by atoms with Gasteiger partial charge in [-0.2, -0.15) is 5.10 Å². The summed E-state index contributed by atoms with van der Waals surface area (Å²) in [5, 5.41) is 15.8. The molecule has 1 atom stereocenters. The van der Waals surface area contributed by atoms with Gasteiger partial charge in [0.2, 0.25) is 0 Å². The van der Waals surface area contributed by atoms with Gasteiger partial charge in [0.25, 0.3) is 5.91 Å². The summed E-state index contributed by atoms with van der Waals surface area (Å²) in [7, 11) is 0. The summed E-state index contributed by atoms with van der Waals surface area (Å²) < 4.78 is 0. The highest BCUT2D eigenvalue weighted by Gasteiger charge is 2.50. The highest BCUT2D eigenvalue weighted by Crippen LogP contribution is 2.43. The third kappa shape index (κ3) is 2.99. The van der Waals surface area contributed by atoms with E-state index in [-0.39, 0.29) is 11.7 Å². The van der Waals surface area contributed by atoms with Crippen LogP contribution in [-0.2, 0) is 11.2 Å². The van der Waals surface area contributed by atoms with E-state index in [0.29, 0.717) is 18.9 Å². The van der Waals surface area contributed by atoms with E-state index in [0.717, 1.165) is 24.1 Å². The number of nitrogens with zero attached hydrogens (tertiary/aromatic N) is 2. The van der Waals surface area contributed by atoms with Crippen molar-refractivity contribution >= 4 is 11.6 Å². The van der Waals surface area contributed by atoms with Crippen LogP contribution >= 0.6 is 0 Å². The van der Waals surface area contributed by atoms with Crippen LogP contribution in [0.15, 0.2) is 29.4 Å². The third-order valence-electron chi connectivity index (χ3n) is 5.65. The average Bonchev–Trinajstić information content (AvgIpc) is 2.79. The van der Waals surface area contributed by atoms with E-state index >= 15 is 0 Å². The lowest BCUT2D eigenvalue weighted by atomic mass is 9.67. The van der Waals surface area contributed by atoms with Crippen molar-refractivity contribution in [3.8, 4) is 5.75 Å². The molecule has 0 spiro atoms. The molecule has 1 N–H and O–H groups in total. The van der Waals surface area contributed by atoms with E-state index in [9.17, 15) is 9.90 Å². The van der Waals surface area contributed by atoms with Gasteiger partial charge in [0.05, 0.1) is 11.1 Å². The molecule has 1 aliphatic carbocycles. The van der Waals surface area contributed by atoms with E-state index < -0.39 is 5.41 Å². The van der Waals surface area contributed by atoms with Gasteiger partial charge in [-0.3, -0.25) is 4.79 Å². The summed E-state index contributed by atoms with van der Waals surface area (Å²) in [5.41, 5.74) is 1.57. The van der Waals surface area contributed by atoms with E-state index in [1.807, 2.05) is 19.1 Å². The number of phenolic OH excluding ortho intramolecular Hbond substituents is 1. The number of carbonyl (C=O) groups is 1. The first-order valence-corrected chi connectivity index (χ1v) is 8.67. The average molecular weight is 314 g/mol. The fraction of sp³-hybridized carbons (Fsp3) is 0.579. The zero-order valence-electron chi connectivity index (χ0n) is 14.1. The molecule has 1 heterocycles. The first kappa shape index (κ1) is 16.0. The van der Waals surface area contributed by atoms with Crippen LogP contribution in [0.4, 0.5) is 0 Å². The van der Waals surface area contributed by atoms with E-state index in [1.54, 1.807) is 17.1 Å². The van der Waals surface area contributed by atoms with E-state index in [2.05, 4.69) is 12.0 Å². The van der Waals surface area contributed by atoms with Gasteiger partial charge in [0.15, 0.2) is 0 Å². The number of phenols is 1. The van der Waals surface area contributed by atoms with Gasteiger partial charge < -0.3 is 5.11 Å². The summed E-state index contributed by atoms with van der Waals surface area (Å²) in [6, 6.07) is 7.21. The quantitative estimate of drug-likeness (QED) is 0.920. The van der Waals surface area contributed by atoms with Gasteiger partial charge in [-0.15, -0.1) is 0 Å². The van der Waals surface area contributed by atoms with Crippen LogP contribution in [0.2, 0.25) is 0 Å². The van der Waals surface area contributed by atoms with Crippen LogP contribution in [-0.4, -0.2) is 28.3 Å². The van der Waals surface area contributed by atoms with E-state index in [4.69, 9.17) is 0 Å². The maximum atomic E-state index is 13.0. The molecule has 0 saturated heterocycles. The predicted molar refractivity (Wildman–Crippen MR) is 91.3 cm³/mol.